The zero-order valence-corrected chi connectivity index (χ0v) is 11.2. The third-order valence-corrected chi connectivity index (χ3v) is 2.56. The minimum atomic E-state index is 0.0205. The first-order valence-electron chi connectivity index (χ1n) is 6.24. The van der Waals surface area contributed by atoms with Crippen molar-refractivity contribution in [2.75, 3.05) is 7.11 Å². The Morgan fingerprint density at radius 1 is 1.29 bits per heavy atom. The lowest BCUT2D eigenvalue weighted by atomic mass is 10.2. The van der Waals surface area contributed by atoms with Crippen molar-refractivity contribution in [3.05, 3.63) is 23.8 Å². The van der Waals surface area contributed by atoms with E-state index in [4.69, 9.17) is 4.74 Å². The Hall–Kier alpha value is -1.00. The van der Waals surface area contributed by atoms with Crippen LogP contribution in [0.3, 0.4) is 0 Å². The molecule has 4 heteroatoms. The number of ether oxygens (including phenoxy) is 1. The van der Waals surface area contributed by atoms with Gasteiger partial charge in [0.25, 0.3) is 0 Å². The normalized spacial score (nSPS) is 13.0. The van der Waals surface area contributed by atoms with Crippen LogP contribution < -0.4 is 5.32 Å². The molecule has 0 aromatic carbocycles. The first-order valence-corrected chi connectivity index (χ1v) is 6.24. The molecule has 1 rings (SSSR count). The molecule has 4 nitrogen and oxygen atoms in total. The molecule has 0 spiro atoms. The van der Waals surface area contributed by atoms with Crippen LogP contribution in [0.4, 0.5) is 0 Å². The highest BCUT2D eigenvalue weighted by molar-refractivity contribution is 5.06. The van der Waals surface area contributed by atoms with Gasteiger partial charge in [0.1, 0.15) is 6.10 Å². The van der Waals surface area contributed by atoms with Gasteiger partial charge >= 0.3 is 0 Å². The van der Waals surface area contributed by atoms with Gasteiger partial charge in [-0.05, 0) is 6.42 Å². The van der Waals surface area contributed by atoms with Gasteiger partial charge in [-0.3, -0.25) is 0 Å². The van der Waals surface area contributed by atoms with Crippen LogP contribution in [0.1, 0.15) is 51.1 Å². The van der Waals surface area contributed by atoms with Crippen LogP contribution in [-0.2, 0) is 11.3 Å². The van der Waals surface area contributed by atoms with E-state index < -0.39 is 0 Å². The number of hydrogen-bond donors (Lipinski definition) is 1. The van der Waals surface area contributed by atoms with E-state index in [2.05, 4.69) is 36.1 Å². The van der Waals surface area contributed by atoms with Crippen LogP contribution in [0.2, 0.25) is 0 Å². The number of nitrogens with one attached hydrogen (secondary N) is 1. The Labute approximate surface area is 104 Å². The summed E-state index contributed by atoms with van der Waals surface area (Å²) in [6.45, 7) is 7.19. The molecule has 1 unspecified atom stereocenters. The maximum atomic E-state index is 5.37. The standard InChI is InChI=1S/C13H23N3O/c1-5-6-12(17-4)13-15-8-11(9-16-13)7-14-10(2)3/h8-10,12,14H,5-7H2,1-4H3. The summed E-state index contributed by atoms with van der Waals surface area (Å²) in [7, 11) is 1.71. The van der Waals surface area contributed by atoms with Gasteiger partial charge in [-0.15, -0.1) is 0 Å². The molecule has 0 saturated heterocycles. The summed E-state index contributed by atoms with van der Waals surface area (Å²) in [4.78, 5) is 8.74. The quantitative estimate of drug-likeness (QED) is 0.791. The van der Waals surface area contributed by atoms with Gasteiger partial charge < -0.3 is 10.1 Å². The van der Waals surface area contributed by atoms with E-state index in [1.807, 2.05) is 12.4 Å². The third kappa shape index (κ3) is 4.79. The molecule has 0 aliphatic rings. The second kappa shape index (κ2) is 7.35. The van der Waals surface area contributed by atoms with E-state index in [1.165, 1.54) is 0 Å². The van der Waals surface area contributed by atoms with E-state index in [9.17, 15) is 0 Å². The molecule has 0 saturated carbocycles. The Kier molecular flexibility index (Phi) is 6.08. The summed E-state index contributed by atoms with van der Waals surface area (Å²) in [6, 6.07) is 0.474. The molecule has 0 radical (unpaired) electrons. The highest BCUT2D eigenvalue weighted by Gasteiger charge is 2.12. The Morgan fingerprint density at radius 3 is 2.41 bits per heavy atom. The van der Waals surface area contributed by atoms with Crippen LogP contribution in [0.25, 0.3) is 0 Å². The Bertz CT molecular complexity index is 311. The first kappa shape index (κ1) is 14.1. The minimum Gasteiger partial charge on any atom is -0.373 e. The van der Waals surface area contributed by atoms with Crippen LogP contribution in [0.15, 0.2) is 12.4 Å². The van der Waals surface area contributed by atoms with E-state index >= 15 is 0 Å². The van der Waals surface area contributed by atoms with Crippen molar-refractivity contribution in [1.29, 1.82) is 0 Å². The van der Waals surface area contributed by atoms with E-state index in [0.29, 0.717) is 6.04 Å². The van der Waals surface area contributed by atoms with Crippen LogP contribution >= 0.6 is 0 Å². The third-order valence-electron chi connectivity index (χ3n) is 2.56. The minimum absolute atomic E-state index is 0.0205. The maximum Gasteiger partial charge on any atom is 0.157 e. The number of aromatic nitrogens is 2. The summed E-state index contributed by atoms with van der Waals surface area (Å²) < 4.78 is 5.37. The maximum absolute atomic E-state index is 5.37. The van der Waals surface area contributed by atoms with E-state index in [1.54, 1.807) is 7.11 Å². The molecular weight excluding hydrogens is 214 g/mol. The van der Waals surface area contributed by atoms with E-state index in [0.717, 1.165) is 30.8 Å². The average Bonchev–Trinajstić information content (AvgIpc) is 2.34. The highest BCUT2D eigenvalue weighted by atomic mass is 16.5. The SMILES string of the molecule is CCCC(OC)c1ncc(CNC(C)C)cn1. The molecule has 0 bridgehead atoms. The number of nitrogens with zero attached hydrogens (tertiary/aromatic N) is 2. The number of hydrogen-bond acceptors (Lipinski definition) is 4. The number of rotatable bonds is 7. The Balaban J connectivity index is 2.59. The molecule has 0 amide bonds. The largest absolute Gasteiger partial charge is 0.373 e. The molecule has 1 N–H and O–H groups in total. The van der Waals surface area contributed by atoms with Crippen molar-refractivity contribution in [3.8, 4) is 0 Å². The summed E-state index contributed by atoms with van der Waals surface area (Å²) >= 11 is 0. The molecule has 1 aromatic rings. The summed E-state index contributed by atoms with van der Waals surface area (Å²) in [5, 5.41) is 3.34. The molecule has 96 valence electrons. The highest BCUT2D eigenvalue weighted by Crippen LogP contribution is 2.17. The van der Waals surface area contributed by atoms with Crippen LogP contribution in [0, 0.1) is 0 Å². The lowest BCUT2D eigenvalue weighted by Crippen LogP contribution is -2.22. The molecular formula is C13H23N3O. The fourth-order valence-corrected chi connectivity index (χ4v) is 1.56. The Morgan fingerprint density at radius 2 is 1.94 bits per heavy atom. The summed E-state index contributed by atoms with van der Waals surface area (Å²) in [6.07, 6.45) is 5.80. The smallest absolute Gasteiger partial charge is 0.157 e. The fraction of sp³-hybridized carbons (Fsp3) is 0.692. The lowest BCUT2D eigenvalue weighted by Gasteiger charge is -2.13. The van der Waals surface area contributed by atoms with Crippen molar-refractivity contribution in [2.24, 2.45) is 0 Å². The molecule has 1 heterocycles. The second-order valence-corrected chi connectivity index (χ2v) is 4.50. The molecule has 1 aromatic heterocycles. The molecule has 0 fully saturated rings. The predicted molar refractivity (Wildman–Crippen MR) is 68.7 cm³/mol. The molecule has 17 heavy (non-hydrogen) atoms. The lowest BCUT2D eigenvalue weighted by molar-refractivity contribution is 0.0875. The molecule has 0 aliphatic carbocycles. The van der Waals surface area contributed by atoms with Gasteiger partial charge in [-0.25, -0.2) is 9.97 Å². The fourth-order valence-electron chi connectivity index (χ4n) is 1.56. The predicted octanol–water partition coefficient (Wildman–Crippen LogP) is 2.46. The van der Waals surface area contributed by atoms with Gasteiger partial charge in [-0.1, -0.05) is 27.2 Å². The topological polar surface area (TPSA) is 47.0 Å². The summed E-state index contributed by atoms with van der Waals surface area (Å²) in [5.74, 6) is 0.780. The van der Waals surface area contributed by atoms with Crippen molar-refractivity contribution < 1.29 is 4.74 Å². The van der Waals surface area contributed by atoms with Gasteiger partial charge in [0.15, 0.2) is 5.82 Å². The average molecular weight is 237 g/mol. The van der Waals surface area contributed by atoms with Crippen molar-refractivity contribution in [2.45, 2.75) is 52.3 Å². The van der Waals surface area contributed by atoms with Gasteiger partial charge in [0.2, 0.25) is 0 Å². The molecule has 1 atom stereocenters. The van der Waals surface area contributed by atoms with E-state index in [-0.39, 0.29) is 6.10 Å². The monoisotopic (exact) mass is 237 g/mol. The van der Waals surface area contributed by atoms with Crippen LogP contribution in [0.5, 0.6) is 0 Å². The number of methoxy groups -OCH3 is 1. The van der Waals surface area contributed by atoms with Crippen LogP contribution in [-0.4, -0.2) is 23.1 Å². The zero-order chi connectivity index (χ0) is 12.7. The van der Waals surface area contributed by atoms with Crippen molar-refractivity contribution in [1.82, 2.24) is 15.3 Å². The first-order chi connectivity index (χ1) is 8.17. The zero-order valence-electron chi connectivity index (χ0n) is 11.2. The van der Waals surface area contributed by atoms with Crippen molar-refractivity contribution in [3.63, 3.8) is 0 Å². The van der Waals surface area contributed by atoms with Crippen molar-refractivity contribution >= 4 is 0 Å². The van der Waals surface area contributed by atoms with Gasteiger partial charge in [0.05, 0.1) is 0 Å². The molecule has 0 aliphatic heterocycles. The van der Waals surface area contributed by atoms with Gasteiger partial charge in [0, 0.05) is 37.7 Å². The summed E-state index contributed by atoms with van der Waals surface area (Å²) in [5.41, 5.74) is 1.11. The van der Waals surface area contributed by atoms with Gasteiger partial charge in [-0.2, -0.15) is 0 Å². The second-order valence-electron chi connectivity index (χ2n) is 4.50.